The van der Waals surface area contributed by atoms with E-state index < -0.39 is 11.7 Å². The van der Waals surface area contributed by atoms with Crippen molar-refractivity contribution >= 4 is 5.91 Å². The standard InChI is InChI=1S/C15H18F3NO/c1-2-4-14(20)19-9-11-8-13(11)10-5-3-6-12(7-10)15(16,17)18/h3,5-7,11,13H,2,4,8-9H2,1H3,(H,19,20)/t11-,13-/m0/s1. The van der Waals surface area contributed by atoms with Crippen molar-refractivity contribution in [2.75, 3.05) is 6.54 Å². The van der Waals surface area contributed by atoms with Crippen LogP contribution in [0.15, 0.2) is 24.3 Å². The number of amides is 1. The summed E-state index contributed by atoms with van der Waals surface area (Å²) in [5.41, 5.74) is 0.116. The maximum absolute atomic E-state index is 12.6. The van der Waals surface area contributed by atoms with Gasteiger partial charge in [0.25, 0.3) is 0 Å². The molecule has 1 aliphatic carbocycles. The van der Waals surface area contributed by atoms with Gasteiger partial charge in [-0.05, 0) is 36.3 Å². The van der Waals surface area contributed by atoms with Crippen molar-refractivity contribution in [3.05, 3.63) is 35.4 Å². The van der Waals surface area contributed by atoms with Gasteiger partial charge in [0.05, 0.1) is 5.56 Å². The van der Waals surface area contributed by atoms with Crippen LogP contribution in [0.1, 0.15) is 43.2 Å². The molecule has 0 saturated heterocycles. The monoisotopic (exact) mass is 285 g/mol. The summed E-state index contributed by atoms with van der Waals surface area (Å²) in [6.07, 6.45) is -2.15. The maximum atomic E-state index is 12.6. The molecule has 0 aromatic heterocycles. The lowest BCUT2D eigenvalue weighted by Crippen LogP contribution is -2.25. The Morgan fingerprint density at radius 1 is 1.40 bits per heavy atom. The van der Waals surface area contributed by atoms with E-state index in [2.05, 4.69) is 5.32 Å². The zero-order valence-corrected chi connectivity index (χ0v) is 11.3. The van der Waals surface area contributed by atoms with Crippen LogP contribution in [0, 0.1) is 5.92 Å². The highest BCUT2D eigenvalue weighted by Crippen LogP contribution is 2.47. The fraction of sp³-hybridized carbons (Fsp3) is 0.533. The van der Waals surface area contributed by atoms with Crippen LogP contribution in [-0.4, -0.2) is 12.5 Å². The van der Waals surface area contributed by atoms with E-state index in [4.69, 9.17) is 0 Å². The molecule has 1 aromatic carbocycles. The Kier molecular flexibility index (Phi) is 4.35. The molecule has 0 radical (unpaired) electrons. The summed E-state index contributed by atoms with van der Waals surface area (Å²) in [6, 6.07) is 5.49. The van der Waals surface area contributed by atoms with Gasteiger partial charge in [-0.25, -0.2) is 0 Å². The number of carbonyl (C=O) groups excluding carboxylic acids is 1. The molecule has 1 saturated carbocycles. The van der Waals surface area contributed by atoms with Gasteiger partial charge in [-0.1, -0.05) is 25.1 Å². The number of hydrogen-bond donors (Lipinski definition) is 1. The van der Waals surface area contributed by atoms with Gasteiger partial charge in [-0.3, -0.25) is 4.79 Å². The van der Waals surface area contributed by atoms with Crippen molar-refractivity contribution in [3.63, 3.8) is 0 Å². The molecule has 1 amide bonds. The van der Waals surface area contributed by atoms with Gasteiger partial charge in [0.2, 0.25) is 5.91 Å². The maximum Gasteiger partial charge on any atom is 0.416 e. The SMILES string of the molecule is CCCC(=O)NC[C@@H]1C[C@H]1c1cccc(C(F)(F)F)c1. The van der Waals surface area contributed by atoms with E-state index in [-0.39, 0.29) is 17.7 Å². The predicted octanol–water partition coefficient (Wildman–Crippen LogP) is 3.73. The highest BCUT2D eigenvalue weighted by Gasteiger charge is 2.39. The molecule has 2 atom stereocenters. The van der Waals surface area contributed by atoms with E-state index in [0.29, 0.717) is 13.0 Å². The molecule has 1 aromatic rings. The molecule has 20 heavy (non-hydrogen) atoms. The van der Waals surface area contributed by atoms with Crippen LogP contribution in [0.3, 0.4) is 0 Å². The normalized spacial score (nSPS) is 21.6. The quantitative estimate of drug-likeness (QED) is 0.877. The topological polar surface area (TPSA) is 29.1 Å². The first-order chi connectivity index (χ1) is 9.41. The molecular weight excluding hydrogens is 267 g/mol. The third kappa shape index (κ3) is 3.74. The second-order valence-electron chi connectivity index (χ2n) is 5.28. The number of carbonyl (C=O) groups is 1. The number of benzene rings is 1. The molecule has 1 N–H and O–H groups in total. The minimum atomic E-state index is -4.30. The van der Waals surface area contributed by atoms with E-state index in [9.17, 15) is 18.0 Å². The van der Waals surface area contributed by atoms with Crippen molar-refractivity contribution in [3.8, 4) is 0 Å². The number of alkyl halides is 3. The van der Waals surface area contributed by atoms with E-state index in [1.54, 1.807) is 6.07 Å². The molecule has 0 spiro atoms. The minimum Gasteiger partial charge on any atom is -0.356 e. The Labute approximate surface area is 116 Å². The van der Waals surface area contributed by atoms with E-state index in [1.807, 2.05) is 6.92 Å². The van der Waals surface area contributed by atoms with Crippen LogP contribution in [-0.2, 0) is 11.0 Å². The van der Waals surface area contributed by atoms with Crippen molar-refractivity contribution in [1.29, 1.82) is 0 Å². The summed E-state index contributed by atoms with van der Waals surface area (Å²) in [5, 5.41) is 2.83. The zero-order valence-electron chi connectivity index (χ0n) is 11.3. The van der Waals surface area contributed by atoms with E-state index >= 15 is 0 Å². The zero-order chi connectivity index (χ0) is 14.8. The second-order valence-corrected chi connectivity index (χ2v) is 5.28. The molecule has 0 bridgehead atoms. The van der Waals surface area contributed by atoms with Gasteiger partial charge in [0, 0.05) is 13.0 Å². The van der Waals surface area contributed by atoms with Gasteiger partial charge in [-0.15, -0.1) is 0 Å². The summed E-state index contributed by atoms with van der Waals surface area (Å²) >= 11 is 0. The van der Waals surface area contributed by atoms with Crippen LogP contribution in [0.2, 0.25) is 0 Å². The van der Waals surface area contributed by atoms with Crippen LogP contribution in [0.25, 0.3) is 0 Å². The Balaban J connectivity index is 1.90. The Morgan fingerprint density at radius 3 is 2.80 bits per heavy atom. The number of hydrogen-bond acceptors (Lipinski definition) is 1. The fourth-order valence-corrected chi connectivity index (χ4v) is 2.39. The molecule has 0 aliphatic heterocycles. The first-order valence-corrected chi connectivity index (χ1v) is 6.85. The third-order valence-electron chi connectivity index (χ3n) is 3.60. The third-order valence-corrected chi connectivity index (χ3v) is 3.60. The van der Waals surface area contributed by atoms with Gasteiger partial charge in [-0.2, -0.15) is 13.2 Å². The molecular formula is C15H18F3NO. The average molecular weight is 285 g/mol. The van der Waals surface area contributed by atoms with Crippen molar-refractivity contribution in [2.45, 2.75) is 38.3 Å². The molecule has 0 heterocycles. The van der Waals surface area contributed by atoms with E-state index in [0.717, 1.165) is 24.5 Å². The van der Waals surface area contributed by atoms with Gasteiger partial charge < -0.3 is 5.32 Å². The Bertz CT molecular complexity index is 484. The van der Waals surface area contributed by atoms with Gasteiger partial charge in [0.1, 0.15) is 0 Å². The largest absolute Gasteiger partial charge is 0.416 e. The lowest BCUT2D eigenvalue weighted by atomic mass is 10.1. The number of halogens is 3. The average Bonchev–Trinajstić information content (AvgIpc) is 3.15. The van der Waals surface area contributed by atoms with Gasteiger partial charge >= 0.3 is 6.18 Å². The lowest BCUT2D eigenvalue weighted by molar-refractivity contribution is -0.137. The minimum absolute atomic E-state index is 0.0159. The highest BCUT2D eigenvalue weighted by molar-refractivity contribution is 5.75. The highest BCUT2D eigenvalue weighted by atomic mass is 19.4. The number of nitrogens with one attached hydrogen (secondary N) is 1. The summed E-state index contributed by atoms with van der Waals surface area (Å²) in [4.78, 5) is 11.3. The molecule has 2 rings (SSSR count). The summed E-state index contributed by atoms with van der Waals surface area (Å²) < 4.78 is 37.9. The van der Waals surface area contributed by atoms with Gasteiger partial charge in [0.15, 0.2) is 0 Å². The molecule has 1 fully saturated rings. The predicted molar refractivity (Wildman–Crippen MR) is 70.2 cm³/mol. The van der Waals surface area contributed by atoms with Crippen molar-refractivity contribution in [1.82, 2.24) is 5.32 Å². The van der Waals surface area contributed by atoms with E-state index in [1.165, 1.54) is 12.1 Å². The molecule has 5 heteroatoms. The summed E-state index contributed by atoms with van der Waals surface area (Å²) in [5.74, 6) is 0.417. The molecule has 0 unspecified atom stereocenters. The smallest absolute Gasteiger partial charge is 0.356 e. The Morgan fingerprint density at radius 2 is 2.15 bits per heavy atom. The first-order valence-electron chi connectivity index (χ1n) is 6.85. The molecule has 1 aliphatic rings. The molecule has 2 nitrogen and oxygen atoms in total. The van der Waals surface area contributed by atoms with Crippen LogP contribution < -0.4 is 5.32 Å². The fourth-order valence-electron chi connectivity index (χ4n) is 2.39. The first kappa shape index (κ1) is 14.9. The van der Waals surface area contributed by atoms with Crippen molar-refractivity contribution in [2.24, 2.45) is 5.92 Å². The summed E-state index contributed by atoms with van der Waals surface area (Å²) in [6.45, 7) is 2.49. The summed E-state index contributed by atoms with van der Waals surface area (Å²) in [7, 11) is 0. The van der Waals surface area contributed by atoms with Crippen molar-refractivity contribution < 1.29 is 18.0 Å². The van der Waals surface area contributed by atoms with Crippen LogP contribution in [0.5, 0.6) is 0 Å². The van der Waals surface area contributed by atoms with Crippen LogP contribution in [0.4, 0.5) is 13.2 Å². The second kappa shape index (κ2) is 5.85. The number of rotatable bonds is 5. The lowest BCUT2D eigenvalue weighted by Gasteiger charge is -2.09. The molecule has 110 valence electrons. The Hall–Kier alpha value is -1.52. The van der Waals surface area contributed by atoms with Crippen LogP contribution >= 0.6 is 0 Å².